The number of hydrogen-bond acceptors (Lipinski definition) is 4. The maximum atomic E-state index is 13.5. The standard InChI is InChI=1S/C25H26ClF2N5O/c1-3-23-20(14-17-4-6-18(26)7-5-17)24(30-16(2)29-23)32-10-12-33(13-11-32)25(34)31-19-8-9-21(27)22(28)15-19/h4-9,15H,3,10-14H2,1-2H3,(H,31,34). The SMILES string of the molecule is CCc1nc(C)nc(N2CCN(C(=O)Nc3ccc(F)c(F)c3)CC2)c1Cc1ccc(Cl)cc1. The molecule has 1 aliphatic heterocycles. The summed E-state index contributed by atoms with van der Waals surface area (Å²) in [6.45, 7) is 6.11. The lowest BCUT2D eigenvalue weighted by Gasteiger charge is -2.36. The molecule has 2 amide bonds. The fourth-order valence-corrected chi connectivity index (χ4v) is 4.20. The summed E-state index contributed by atoms with van der Waals surface area (Å²) < 4.78 is 26.6. The molecule has 1 N–H and O–H groups in total. The molecule has 2 heterocycles. The highest BCUT2D eigenvalue weighted by Crippen LogP contribution is 2.26. The molecule has 1 saturated heterocycles. The molecule has 0 unspecified atom stereocenters. The molecule has 1 aliphatic rings. The Bertz CT molecular complexity index is 1180. The number of urea groups is 1. The van der Waals surface area contributed by atoms with Crippen molar-refractivity contribution in [3.63, 3.8) is 0 Å². The molecule has 2 aromatic carbocycles. The van der Waals surface area contributed by atoms with Gasteiger partial charge in [-0.3, -0.25) is 0 Å². The maximum Gasteiger partial charge on any atom is 0.321 e. The Hall–Kier alpha value is -3.26. The molecule has 178 valence electrons. The molecule has 9 heteroatoms. The van der Waals surface area contributed by atoms with Gasteiger partial charge in [0.15, 0.2) is 11.6 Å². The van der Waals surface area contributed by atoms with Crippen LogP contribution in [0.5, 0.6) is 0 Å². The fraction of sp³-hybridized carbons (Fsp3) is 0.320. The van der Waals surface area contributed by atoms with Crippen molar-refractivity contribution in [3.8, 4) is 0 Å². The maximum absolute atomic E-state index is 13.5. The van der Waals surface area contributed by atoms with Crippen LogP contribution < -0.4 is 10.2 Å². The number of hydrogen-bond donors (Lipinski definition) is 1. The fourth-order valence-electron chi connectivity index (χ4n) is 4.08. The predicted octanol–water partition coefficient (Wildman–Crippen LogP) is 5.22. The third kappa shape index (κ3) is 5.44. The number of aryl methyl sites for hydroxylation is 2. The molecule has 1 aromatic heterocycles. The first-order valence-corrected chi connectivity index (χ1v) is 11.6. The number of aromatic nitrogens is 2. The van der Waals surface area contributed by atoms with Gasteiger partial charge in [-0.05, 0) is 43.2 Å². The largest absolute Gasteiger partial charge is 0.353 e. The highest BCUT2D eigenvalue weighted by Gasteiger charge is 2.25. The average molecular weight is 486 g/mol. The van der Waals surface area contributed by atoms with Crippen LogP contribution in [0.3, 0.4) is 0 Å². The second-order valence-corrected chi connectivity index (χ2v) is 8.65. The van der Waals surface area contributed by atoms with Crippen molar-refractivity contribution in [3.05, 3.63) is 81.8 Å². The Morgan fingerprint density at radius 1 is 1.03 bits per heavy atom. The van der Waals surface area contributed by atoms with E-state index in [4.69, 9.17) is 16.6 Å². The minimum absolute atomic E-state index is 0.218. The van der Waals surface area contributed by atoms with Crippen LogP contribution in [-0.4, -0.2) is 47.1 Å². The monoisotopic (exact) mass is 485 g/mol. The molecule has 0 bridgehead atoms. The van der Waals surface area contributed by atoms with Crippen molar-refractivity contribution in [2.24, 2.45) is 0 Å². The van der Waals surface area contributed by atoms with Crippen LogP contribution >= 0.6 is 11.6 Å². The van der Waals surface area contributed by atoms with Crippen LogP contribution in [0.25, 0.3) is 0 Å². The predicted molar refractivity (Wildman–Crippen MR) is 130 cm³/mol. The quantitative estimate of drug-likeness (QED) is 0.538. The zero-order chi connectivity index (χ0) is 24.2. The van der Waals surface area contributed by atoms with E-state index in [9.17, 15) is 13.6 Å². The van der Waals surface area contributed by atoms with E-state index < -0.39 is 11.6 Å². The molecule has 34 heavy (non-hydrogen) atoms. The van der Waals surface area contributed by atoms with Gasteiger partial charge in [0.05, 0.1) is 0 Å². The lowest BCUT2D eigenvalue weighted by atomic mass is 10.0. The average Bonchev–Trinajstić information content (AvgIpc) is 2.83. The van der Waals surface area contributed by atoms with Gasteiger partial charge in [0.1, 0.15) is 11.6 Å². The molecule has 4 rings (SSSR count). The van der Waals surface area contributed by atoms with Crippen molar-refractivity contribution >= 4 is 29.1 Å². The molecule has 0 saturated carbocycles. The van der Waals surface area contributed by atoms with Crippen LogP contribution in [0.4, 0.5) is 25.1 Å². The van der Waals surface area contributed by atoms with Gasteiger partial charge in [0.2, 0.25) is 0 Å². The molecule has 0 radical (unpaired) electrons. The van der Waals surface area contributed by atoms with Gasteiger partial charge in [-0.2, -0.15) is 0 Å². The van der Waals surface area contributed by atoms with E-state index in [1.54, 1.807) is 4.90 Å². The zero-order valence-corrected chi connectivity index (χ0v) is 19.9. The lowest BCUT2D eigenvalue weighted by molar-refractivity contribution is 0.208. The minimum atomic E-state index is -0.998. The third-order valence-electron chi connectivity index (χ3n) is 5.85. The van der Waals surface area contributed by atoms with Crippen molar-refractivity contribution in [2.75, 3.05) is 36.4 Å². The molecule has 0 spiro atoms. The topological polar surface area (TPSA) is 61.4 Å². The number of carbonyl (C=O) groups excluding carboxylic acids is 1. The van der Waals surface area contributed by atoms with Crippen LogP contribution in [0.15, 0.2) is 42.5 Å². The van der Waals surface area contributed by atoms with E-state index in [-0.39, 0.29) is 11.7 Å². The molecule has 3 aromatic rings. The summed E-state index contributed by atoms with van der Waals surface area (Å²) in [6, 6.07) is 10.7. The number of benzene rings is 2. The van der Waals surface area contributed by atoms with Gasteiger partial charge >= 0.3 is 6.03 Å². The highest BCUT2D eigenvalue weighted by atomic mass is 35.5. The second kappa shape index (κ2) is 10.3. The van der Waals surface area contributed by atoms with Gasteiger partial charge in [-0.25, -0.2) is 23.5 Å². The molecular weight excluding hydrogens is 460 g/mol. The third-order valence-corrected chi connectivity index (χ3v) is 6.10. The van der Waals surface area contributed by atoms with E-state index in [0.717, 1.165) is 41.2 Å². The lowest BCUT2D eigenvalue weighted by Crippen LogP contribution is -2.50. The first-order chi connectivity index (χ1) is 16.3. The summed E-state index contributed by atoms with van der Waals surface area (Å²) in [7, 11) is 0. The van der Waals surface area contributed by atoms with E-state index in [1.165, 1.54) is 6.07 Å². The Balaban J connectivity index is 1.48. The van der Waals surface area contributed by atoms with Crippen LogP contribution in [0.1, 0.15) is 29.6 Å². The second-order valence-electron chi connectivity index (χ2n) is 8.21. The normalized spacial score (nSPS) is 13.8. The summed E-state index contributed by atoms with van der Waals surface area (Å²) in [5.41, 5.74) is 3.43. The first-order valence-electron chi connectivity index (χ1n) is 11.2. The van der Waals surface area contributed by atoms with Crippen LogP contribution in [0.2, 0.25) is 5.02 Å². The number of halogens is 3. The van der Waals surface area contributed by atoms with Gasteiger partial charge in [0.25, 0.3) is 0 Å². The van der Waals surface area contributed by atoms with E-state index >= 15 is 0 Å². The van der Waals surface area contributed by atoms with Crippen LogP contribution in [-0.2, 0) is 12.8 Å². The Kier molecular flexibility index (Phi) is 7.26. The number of amides is 2. The van der Waals surface area contributed by atoms with Crippen molar-refractivity contribution in [1.82, 2.24) is 14.9 Å². The van der Waals surface area contributed by atoms with E-state index in [2.05, 4.69) is 22.1 Å². The molecule has 0 atom stereocenters. The van der Waals surface area contributed by atoms with Crippen molar-refractivity contribution in [2.45, 2.75) is 26.7 Å². The number of anilines is 2. The first kappa shape index (κ1) is 23.9. The van der Waals surface area contributed by atoms with E-state index in [1.807, 2.05) is 31.2 Å². The summed E-state index contributed by atoms with van der Waals surface area (Å²) in [4.78, 5) is 25.9. The Morgan fingerprint density at radius 2 is 1.74 bits per heavy atom. The number of nitrogens with zero attached hydrogens (tertiary/aromatic N) is 4. The molecular formula is C25H26ClF2N5O. The molecule has 1 fully saturated rings. The van der Waals surface area contributed by atoms with Gasteiger partial charge in [-0.1, -0.05) is 30.7 Å². The van der Waals surface area contributed by atoms with Gasteiger partial charge in [-0.15, -0.1) is 0 Å². The Morgan fingerprint density at radius 3 is 2.38 bits per heavy atom. The van der Waals surface area contributed by atoms with Crippen molar-refractivity contribution < 1.29 is 13.6 Å². The summed E-state index contributed by atoms with van der Waals surface area (Å²) in [5.74, 6) is -0.348. The number of carbonyl (C=O) groups is 1. The van der Waals surface area contributed by atoms with Gasteiger partial charge in [0, 0.05) is 60.6 Å². The zero-order valence-electron chi connectivity index (χ0n) is 19.1. The minimum Gasteiger partial charge on any atom is -0.353 e. The summed E-state index contributed by atoms with van der Waals surface area (Å²) >= 11 is 6.05. The number of rotatable bonds is 5. The van der Waals surface area contributed by atoms with Crippen LogP contribution in [0, 0.1) is 18.6 Å². The smallest absolute Gasteiger partial charge is 0.321 e. The summed E-state index contributed by atoms with van der Waals surface area (Å²) in [6.07, 6.45) is 1.47. The molecule has 6 nitrogen and oxygen atoms in total. The number of nitrogens with one attached hydrogen (secondary N) is 1. The highest BCUT2D eigenvalue weighted by molar-refractivity contribution is 6.30. The Labute approximate surface area is 202 Å². The number of piperazine rings is 1. The molecule has 0 aliphatic carbocycles. The van der Waals surface area contributed by atoms with Gasteiger partial charge < -0.3 is 15.1 Å². The van der Waals surface area contributed by atoms with E-state index in [0.29, 0.717) is 43.4 Å². The van der Waals surface area contributed by atoms with Crippen molar-refractivity contribution in [1.29, 1.82) is 0 Å². The summed E-state index contributed by atoms with van der Waals surface area (Å²) in [5, 5.41) is 3.33.